The SMILES string of the molecule is CC1CN(c2ccc(C(=O)Nc3ccccc3)nn2)CCN1CC(F)(F)F. The molecule has 1 aromatic carbocycles. The molecule has 1 amide bonds. The van der Waals surface area contributed by atoms with Crippen molar-refractivity contribution in [1.29, 1.82) is 0 Å². The standard InChI is InChI=1S/C18H20F3N5O/c1-13-11-25(9-10-26(13)12-18(19,20)21)16-8-7-15(23-24-16)17(27)22-14-5-3-2-4-6-14/h2-8,13H,9-12H2,1H3,(H,22,27). The summed E-state index contributed by atoms with van der Waals surface area (Å²) in [7, 11) is 0. The molecule has 1 aromatic heterocycles. The molecule has 2 aromatic rings. The Morgan fingerprint density at radius 2 is 1.89 bits per heavy atom. The van der Waals surface area contributed by atoms with Gasteiger partial charge in [0.15, 0.2) is 11.5 Å². The largest absolute Gasteiger partial charge is 0.401 e. The number of carbonyl (C=O) groups excluding carboxylic acids is 1. The van der Waals surface area contributed by atoms with E-state index in [-0.39, 0.29) is 17.6 Å². The van der Waals surface area contributed by atoms with Crippen LogP contribution in [0.2, 0.25) is 0 Å². The third-order valence-corrected chi connectivity index (χ3v) is 4.39. The molecule has 144 valence electrons. The van der Waals surface area contributed by atoms with Crippen LogP contribution in [0, 0.1) is 0 Å². The van der Waals surface area contributed by atoms with Gasteiger partial charge in [-0.05, 0) is 31.2 Å². The molecule has 0 radical (unpaired) electrons. The van der Waals surface area contributed by atoms with Crippen LogP contribution in [0.15, 0.2) is 42.5 Å². The Balaban J connectivity index is 1.60. The third kappa shape index (κ3) is 5.16. The second kappa shape index (κ2) is 7.91. The molecule has 0 bridgehead atoms. The number of anilines is 2. The summed E-state index contributed by atoms with van der Waals surface area (Å²) in [5.74, 6) is 0.174. The molecule has 1 fully saturated rings. The number of para-hydroxylation sites is 1. The molecular weight excluding hydrogens is 359 g/mol. The van der Waals surface area contributed by atoms with Crippen molar-refractivity contribution in [3.05, 3.63) is 48.2 Å². The minimum absolute atomic E-state index is 0.173. The molecule has 1 atom stereocenters. The van der Waals surface area contributed by atoms with Crippen LogP contribution in [0.4, 0.5) is 24.7 Å². The van der Waals surface area contributed by atoms with Gasteiger partial charge in [-0.3, -0.25) is 9.69 Å². The quantitative estimate of drug-likeness (QED) is 0.885. The van der Waals surface area contributed by atoms with Gasteiger partial charge in [-0.15, -0.1) is 10.2 Å². The minimum Gasteiger partial charge on any atom is -0.352 e. The van der Waals surface area contributed by atoms with Crippen LogP contribution in [0.3, 0.4) is 0 Å². The van der Waals surface area contributed by atoms with Crippen LogP contribution in [0.5, 0.6) is 0 Å². The number of benzene rings is 1. The Morgan fingerprint density at radius 1 is 1.15 bits per heavy atom. The van der Waals surface area contributed by atoms with E-state index >= 15 is 0 Å². The second-order valence-corrected chi connectivity index (χ2v) is 6.48. The summed E-state index contributed by atoms with van der Waals surface area (Å²) < 4.78 is 37.8. The number of nitrogens with one attached hydrogen (secondary N) is 1. The lowest BCUT2D eigenvalue weighted by Crippen LogP contribution is -2.54. The van der Waals surface area contributed by atoms with Crippen molar-refractivity contribution in [1.82, 2.24) is 15.1 Å². The van der Waals surface area contributed by atoms with Gasteiger partial charge < -0.3 is 10.2 Å². The summed E-state index contributed by atoms with van der Waals surface area (Å²) in [5, 5.41) is 10.8. The molecule has 0 spiro atoms. The first kappa shape index (κ1) is 19.1. The van der Waals surface area contributed by atoms with E-state index in [0.29, 0.717) is 31.1 Å². The molecule has 1 unspecified atom stereocenters. The van der Waals surface area contributed by atoms with Gasteiger partial charge in [0.1, 0.15) is 0 Å². The van der Waals surface area contributed by atoms with Crippen molar-refractivity contribution in [2.75, 3.05) is 36.4 Å². The molecule has 2 heterocycles. The van der Waals surface area contributed by atoms with Crippen LogP contribution >= 0.6 is 0 Å². The second-order valence-electron chi connectivity index (χ2n) is 6.48. The third-order valence-electron chi connectivity index (χ3n) is 4.39. The van der Waals surface area contributed by atoms with Gasteiger partial charge in [-0.1, -0.05) is 18.2 Å². The first-order chi connectivity index (χ1) is 12.8. The number of carbonyl (C=O) groups is 1. The van der Waals surface area contributed by atoms with Gasteiger partial charge in [0.05, 0.1) is 6.54 Å². The number of alkyl halides is 3. The summed E-state index contributed by atoms with van der Waals surface area (Å²) in [4.78, 5) is 15.5. The van der Waals surface area contributed by atoms with E-state index in [4.69, 9.17) is 0 Å². The van der Waals surface area contributed by atoms with E-state index in [1.54, 1.807) is 31.2 Å². The van der Waals surface area contributed by atoms with E-state index in [1.165, 1.54) is 4.90 Å². The van der Waals surface area contributed by atoms with Crippen LogP contribution in [-0.4, -0.2) is 59.4 Å². The zero-order valence-corrected chi connectivity index (χ0v) is 14.8. The lowest BCUT2D eigenvalue weighted by Gasteiger charge is -2.40. The molecule has 1 saturated heterocycles. The Labute approximate surface area is 155 Å². The lowest BCUT2D eigenvalue weighted by atomic mass is 10.2. The van der Waals surface area contributed by atoms with Crippen molar-refractivity contribution >= 4 is 17.4 Å². The maximum absolute atomic E-state index is 12.6. The summed E-state index contributed by atoms with van der Waals surface area (Å²) in [6, 6.07) is 12.0. The number of piperazine rings is 1. The molecule has 9 heteroatoms. The maximum Gasteiger partial charge on any atom is 0.401 e. The van der Waals surface area contributed by atoms with Crippen molar-refractivity contribution in [3.63, 3.8) is 0 Å². The van der Waals surface area contributed by atoms with Crippen molar-refractivity contribution in [2.24, 2.45) is 0 Å². The Kier molecular flexibility index (Phi) is 5.59. The number of rotatable bonds is 4. The molecule has 1 aliphatic rings. The summed E-state index contributed by atoms with van der Waals surface area (Å²) in [5.41, 5.74) is 0.828. The Hall–Kier alpha value is -2.68. The van der Waals surface area contributed by atoms with Gasteiger partial charge in [0.25, 0.3) is 5.91 Å². The number of nitrogens with zero attached hydrogens (tertiary/aromatic N) is 4. The average Bonchev–Trinajstić information content (AvgIpc) is 2.63. The van der Waals surface area contributed by atoms with E-state index in [0.717, 1.165) is 0 Å². The fourth-order valence-corrected chi connectivity index (χ4v) is 3.00. The van der Waals surface area contributed by atoms with Gasteiger partial charge in [0, 0.05) is 31.4 Å². The molecule has 27 heavy (non-hydrogen) atoms. The first-order valence-electron chi connectivity index (χ1n) is 8.58. The summed E-state index contributed by atoms with van der Waals surface area (Å²) >= 11 is 0. The van der Waals surface area contributed by atoms with Crippen molar-refractivity contribution in [2.45, 2.75) is 19.1 Å². The summed E-state index contributed by atoms with van der Waals surface area (Å²) in [6.45, 7) is 1.98. The van der Waals surface area contributed by atoms with Crippen LogP contribution in [-0.2, 0) is 0 Å². The highest BCUT2D eigenvalue weighted by atomic mass is 19.4. The van der Waals surface area contributed by atoms with E-state index in [1.807, 2.05) is 23.1 Å². The van der Waals surface area contributed by atoms with Crippen LogP contribution < -0.4 is 10.2 Å². The average molecular weight is 379 g/mol. The van der Waals surface area contributed by atoms with Crippen LogP contribution in [0.1, 0.15) is 17.4 Å². The van der Waals surface area contributed by atoms with Crippen molar-refractivity contribution in [3.8, 4) is 0 Å². The zero-order valence-electron chi connectivity index (χ0n) is 14.8. The highest BCUT2D eigenvalue weighted by Gasteiger charge is 2.35. The maximum atomic E-state index is 12.6. The van der Waals surface area contributed by atoms with Crippen LogP contribution in [0.25, 0.3) is 0 Å². The molecule has 1 N–H and O–H groups in total. The highest BCUT2D eigenvalue weighted by Crippen LogP contribution is 2.22. The number of amides is 1. The van der Waals surface area contributed by atoms with Gasteiger partial charge >= 0.3 is 6.18 Å². The van der Waals surface area contributed by atoms with E-state index in [2.05, 4.69) is 15.5 Å². The Bertz CT molecular complexity index is 767. The lowest BCUT2D eigenvalue weighted by molar-refractivity contribution is -0.150. The van der Waals surface area contributed by atoms with E-state index < -0.39 is 12.7 Å². The molecule has 1 aliphatic heterocycles. The molecule has 0 aliphatic carbocycles. The number of hydrogen-bond acceptors (Lipinski definition) is 5. The predicted octanol–water partition coefficient (Wildman–Crippen LogP) is 2.80. The van der Waals surface area contributed by atoms with Gasteiger partial charge in [-0.25, -0.2) is 0 Å². The zero-order chi connectivity index (χ0) is 19.4. The topological polar surface area (TPSA) is 61.4 Å². The number of aromatic nitrogens is 2. The fourth-order valence-electron chi connectivity index (χ4n) is 3.00. The number of hydrogen-bond donors (Lipinski definition) is 1. The highest BCUT2D eigenvalue weighted by molar-refractivity contribution is 6.02. The van der Waals surface area contributed by atoms with Crippen molar-refractivity contribution < 1.29 is 18.0 Å². The molecular formula is C18H20F3N5O. The summed E-state index contributed by atoms with van der Waals surface area (Å²) in [6.07, 6.45) is -4.20. The van der Waals surface area contributed by atoms with E-state index in [9.17, 15) is 18.0 Å². The predicted molar refractivity (Wildman–Crippen MR) is 95.7 cm³/mol. The molecule has 0 saturated carbocycles. The normalized spacial score (nSPS) is 18.4. The monoisotopic (exact) mass is 379 g/mol. The first-order valence-corrected chi connectivity index (χ1v) is 8.58. The van der Waals surface area contributed by atoms with Gasteiger partial charge in [0.2, 0.25) is 0 Å². The fraction of sp³-hybridized carbons (Fsp3) is 0.389. The number of halogens is 3. The minimum atomic E-state index is -4.20. The van der Waals surface area contributed by atoms with Gasteiger partial charge in [-0.2, -0.15) is 13.2 Å². The molecule has 6 nitrogen and oxygen atoms in total. The Morgan fingerprint density at radius 3 is 2.48 bits per heavy atom. The smallest absolute Gasteiger partial charge is 0.352 e. The molecule has 3 rings (SSSR count).